The molecule has 3 N–H and O–H groups in total. The molecule has 3 heterocycles. The summed E-state index contributed by atoms with van der Waals surface area (Å²) >= 11 is 0. The number of benzene rings is 1. The fourth-order valence-electron chi connectivity index (χ4n) is 4.08. The number of piperidine rings is 1. The Morgan fingerprint density at radius 3 is 2.86 bits per heavy atom. The molecule has 1 unspecified atom stereocenters. The third-order valence-electron chi connectivity index (χ3n) is 5.64. The van der Waals surface area contributed by atoms with Crippen LogP contribution in [0.5, 0.6) is 0 Å². The molecule has 7 heteroatoms. The zero-order valence-electron chi connectivity index (χ0n) is 16.6. The highest BCUT2D eigenvalue weighted by Gasteiger charge is 2.28. The summed E-state index contributed by atoms with van der Waals surface area (Å²) < 4.78 is 1.88. The van der Waals surface area contributed by atoms with Gasteiger partial charge in [-0.1, -0.05) is 0 Å². The van der Waals surface area contributed by atoms with Crippen LogP contribution in [0.15, 0.2) is 30.5 Å². The van der Waals surface area contributed by atoms with Crippen molar-refractivity contribution in [3.8, 4) is 6.07 Å². The lowest BCUT2D eigenvalue weighted by molar-refractivity contribution is 0.479. The van der Waals surface area contributed by atoms with Gasteiger partial charge in [0.25, 0.3) is 0 Å². The lowest BCUT2D eigenvalue weighted by Gasteiger charge is -2.24. The van der Waals surface area contributed by atoms with Crippen molar-refractivity contribution >= 4 is 23.0 Å². The highest BCUT2D eigenvalue weighted by atomic mass is 15.3. The first-order valence-electron chi connectivity index (χ1n) is 10.3. The second kappa shape index (κ2) is 7.37. The van der Waals surface area contributed by atoms with Gasteiger partial charge >= 0.3 is 0 Å². The molecular weight excluding hydrogens is 362 g/mol. The van der Waals surface area contributed by atoms with Crippen molar-refractivity contribution in [3.05, 3.63) is 47.2 Å². The molecule has 2 aliphatic rings. The van der Waals surface area contributed by atoms with Crippen LogP contribution in [0, 0.1) is 18.3 Å². The Hall–Kier alpha value is -3.11. The topological polar surface area (TPSA) is 90.1 Å². The first-order chi connectivity index (χ1) is 14.2. The monoisotopic (exact) mass is 387 g/mol. The molecule has 7 nitrogen and oxygen atoms in total. The molecule has 29 heavy (non-hydrogen) atoms. The molecule has 0 bridgehead atoms. The van der Waals surface area contributed by atoms with Gasteiger partial charge in [-0.05, 0) is 68.8 Å². The Kier molecular flexibility index (Phi) is 4.57. The summed E-state index contributed by atoms with van der Waals surface area (Å²) in [5.41, 5.74) is 4.70. The minimum absolute atomic E-state index is 0.378. The van der Waals surface area contributed by atoms with Gasteiger partial charge in [0.05, 0.1) is 17.8 Å². The summed E-state index contributed by atoms with van der Waals surface area (Å²) in [6, 6.07) is 10.4. The maximum atomic E-state index is 9.30. The van der Waals surface area contributed by atoms with Crippen molar-refractivity contribution < 1.29 is 0 Å². The number of nitriles is 1. The van der Waals surface area contributed by atoms with Gasteiger partial charge in [0.2, 0.25) is 0 Å². The molecule has 0 amide bonds. The molecule has 1 atom stereocenters. The molecule has 2 fully saturated rings. The van der Waals surface area contributed by atoms with Gasteiger partial charge < -0.3 is 16.0 Å². The van der Waals surface area contributed by atoms with Crippen LogP contribution < -0.4 is 16.0 Å². The Labute approximate surface area is 170 Å². The van der Waals surface area contributed by atoms with Crippen LogP contribution in [0.25, 0.3) is 5.65 Å². The summed E-state index contributed by atoms with van der Waals surface area (Å²) in [5, 5.41) is 24.4. The van der Waals surface area contributed by atoms with Crippen LogP contribution in [-0.2, 0) is 0 Å². The number of anilines is 3. The highest BCUT2D eigenvalue weighted by molar-refractivity contribution is 5.67. The maximum Gasteiger partial charge on any atom is 0.163 e. The van der Waals surface area contributed by atoms with E-state index in [-0.39, 0.29) is 0 Å². The normalized spacial score (nSPS) is 19.1. The van der Waals surface area contributed by atoms with Crippen LogP contribution in [0.3, 0.4) is 0 Å². The molecular formula is C22H25N7. The minimum atomic E-state index is 0.378. The van der Waals surface area contributed by atoms with E-state index in [2.05, 4.69) is 27.1 Å². The number of nitrogens with one attached hydrogen (secondary N) is 3. The van der Waals surface area contributed by atoms with Crippen LogP contribution in [-0.4, -0.2) is 33.7 Å². The van der Waals surface area contributed by atoms with E-state index in [9.17, 15) is 5.26 Å². The molecule has 1 aromatic carbocycles. The van der Waals surface area contributed by atoms with Crippen LogP contribution in [0.4, 0.5) is 17.3 Å². The smallest absolute Gasteiger partial charge is 0.163 e. The van der Waals surface area contributed by atoms with Gasteiger partial charge in [0, 0.05) is 29.9 Å². The Morgan fingerprint density at radius 1 is 1.21 bits per heavy atom. The van der Waals surface area contributed by atoms with E-state index in [1.807, 2.05) is 41.9 Å². The van der Waals surface area contributed by atoms with E-state index in [0.29, 0.717) is 17.5 Å². The summed E-state index contributed by atoms with van der Waals surface area (Å²) in [4.78, 5) is 4.91. The van der Waals surface area contributed by atoms with E-state index in [1.54, 1.807) is 0 Å². The van der Waals surface area contributed by atoms with Gasteiger partial charge in [-0.15, -0.1) is 0 Å². The molecule has 148 valence electrons. The van der Waals surface area contributed by atoms with Crippen LogP contribution in [0.2, 0.25) is 0 Å². The van der Waals surface area contributed by atoms with Gasteiger partial charge in [0.1, 0.15) is 11.6 Å². The second-order valence-electron chi connectivity index (χ2n) is 8.15. The van der Waals surface area contributed by atoms with Crippen molar-refractivity contribution in [1.29, 1.82) is 5.26 Å². The molecule has 1 saturated carbocycles. The van der Waals surface area contributed by atoms with E-state index in [1.165, 1.54) is 24.8 Å². The number of aromatic nitrogens is 3. The molecule has 1 aliphatic heterocycles. The molecule has 3 aromatic rings. The molecule has 2 aromatic heterocycles. The molecule has 0 radical (unpaired) electrons. The lowest BCUT2D eigenvalue weighted by atomic mass is 10.1. The zero-order valence-corrected chi connectivity index (χ0v) is 16.6. The Balaban J connectivity index is 1.54. The molecule has 1 aliphatic carbocycles. The first-order valence-corrected chi connectivity index (χ1v) is 10.3. The number of fused-ring (bicyclic) bond motifs is 1. The number of rotatable bonds is 5. The largest absolute Gasteiger partial charge is 0.366 e. The summed E-state index contributed by atoms with van der Waals surface area (Å²) in [6.07, 6.45) is 6.68. The minimum Gasteiger partial charge on any atom is -0.366 e. The van der Waals surface area contributed by atoms with Gasteiger partial charge in [0.15, 0.2) is 5.65 Å². The summed E-state index contributed by atoms with van der Waals surface area (Å²) in [5.74, 6) is 2.29. The zero-order chi connectivity index (χ0) is 19.8. The highest BCUT2D eigenvalue weighted by Crippen LogP contribution is 2.42. The SMILES string of the molecule is Cc1cc(C#N)cc(Nc2cc(NC3CCCNC3)nc3c(C4CC4)cnn23)c1. The molecule has 5 rings (SSSR count). The quantitative estimate of drug-likeness (QED) is 0.619. The fourth-order valence-corrected chi connectivity index (χ4v) is 4.08. The number of aryl methyl sites for hydroxylation is 1. The van der Waals surface area contributed by atoms with Gasteiger partial charge in [-0.25, -0.2) is 4.98 Å². The predicted molar refractivity (Wildman–Crippen MR) is 114 cm³/mol. The third-order valence-corrected chi connectivity index (χ3v) is 5.64. The van der Waals surface area contributed by atoms with Crippen molar-refractivity contribution in [2.24, 2.45) is 0 Å². The van der Waals surface area contributed by atoms with E-state index in [4.69, 9.17) is 4.98 Å². The predicted octanol–water partition coefficient (Wildman–Crippen LogP) is 3.69. The number of hydrogen-bond donors (Lipinski definition) is 3. The Bertz CT molecular complexity index is 1080. The number of nitrogens with zero attached hydrogens (tertiary/aromatic N) is 4. The first kappa shape index (κ1) is 18.0. The van der Waals surface area contributed by atoms with Crippen molar-refractivity contribution in [1.82, 2.24) is 19.9 Å². The standard InChI is InChI=1S/C22H25N7/c1-14-7-15(11-23)9-18(8-14)27-21-10-20(26-17-3-2-6-24-12-17)28-22-19(16-4-5-16)13-25-29(21)22/h7-10,13,16-17,24,27H,2-6,12H2,1H3,(H,26,28). The van der Waals surface area contributed by atoms with Gasteiger partial charge in [-0.3, -0.25) is 0 Å². The van der Waals surface area contributed by atoms with Gasteiger partial charge in [-0.2, -0.15) is 14.9 Å². The lowest BCUT2D eigenvalue weighted by Crippen LogP contribution is -2.38. The summed E-state index contributed by atoms with van der Waals surface area (Å²) in [6.45, 7) is 4.03. The van der Waals surface area contributed by atoms with Crippen LogP contribution >= 0.6 is 0 Å². The molecule has 1 saturated heterocycles. The average Bonchev–Trinajstić information content (AvgIpc) is 3.47. The van der Waals surface area contributed by atoms with Crippen molar-refractivity contribution in [2.75, 3.05) is 23.7 Å². The average molecular weight is 387 g/mol. The summed E-state index contributed by atoms with van der Waals surface area (Å²) in [7, 11) is 0. The van der Waals surface area contributed by atoms with Crippen LogP contribution in [0.1, 0.15) is 48.3 Å². The third kappa shape index (κ3) is 3.76. The Morgan fingerprint density at radius 2 is 2.10 bits per heavy atom. The maximum absolute atomic E-state index is 9.30. The second-order valence-corrected chi connectivity index (χ2v) is 8.15. The van der Waals surface area contributed by atoms with E-state index < -0.39 is 0 Å². The molecule has 0 spiro atoms. The van der Waals surface area contributed by atoms with E-state index >= 15 is 0 Å². The number of hydrogen-bond acceptors (Lipinski definition) is 6. The van der Waals surface area contributed by atoms with E-state index in [0.717, 1.165) is 48.0 Å². The van der Waals surface area contributed by atoms with Crippen molar-refractivity contribution in [2.45, 2.75) is 44.6 Å². The van der Waals surface area contributed by atoms with Crippen molar-refractivity contribution in [3.63, 3.8) is 0 Å². The fraction of sp³-hybridized carbons (Fsp3) is 0.409.